The largest absolute Gasteiger partial charge is 0.450 e. The average Bonchev–Trinajstić information content (AvgIpc) is 2.56. The van der Waals surface area contributed by atoms with Crippen LogP contribution in [0, 0.1) is 0 Å². The van der Waals surface area contributed by atoms with Gasteiger partial charge < -0.3 is 15.4 Å². The topological polar surface area (TPSA) is 55.6 Å². The number of nitrogens with two attached hydrogens (primary N) is 1. The first-order valence-corrected chi connectivity index (χ1v) is 7.58. The van der Waals surface area contributed by atoms with E-state index in [1.165, 1.54) is 16.7 Å². The Kier molecular flexibility index (Phi) is 4.00. The normalized spacial score (nSPS) is 13.6. The molecule has 2 aromatic carbocycles. The van der Waals surface area contributed by atoms with Gasteiger partial charge in [0.05, 0.1) is 13.2 Å². The number of fused-ring (bicyclic) bond motifs is 1. The molecule has 0 aliphatic carbocycles. The zero-order valence-electron chi connectivity index (χ0n) is 12.7. The van der Waals surface area contributed by atoms with E-state index in [0.717, 1.165) is 17.7 Å². The van der Waals surface area contributed by atoms with Crippen LogP contribution in [0.4, 0.5) is 10.5 Å². The summed E-state index contributed by atoms with van der Waals surface area (Å²) in [5, 5.41) is 0. The Morgan fingerprint density at radius 2 is 1.95 bits per heavy atom. The molecule has 1 aliphatic rings. The number of benzene rings is 2. The van der Waals surface area contributed by atoms with E-state index in [4.69, 9.17) is 10.5 Å². The molecule has 0 radical (unpaired) electrons. The van der Waals surface area contributed by atoms with Crippen LogP contribution in [0.25, 0.3) is 11.1 Å². The molecule has 0 atom stereocenters. The summed E-state index contributed by atoms with van der Waals surface area (Å²) in [7, 11) is 0. The fraction of sp³-hybridized carbons (Fsp3) is 0.278. The van der Waals surface area contributed by atoms with Crippen LogP contribution in [0.15, 0.2) is 42.5 Å². The highest BCUT2D eigenvalue weighted by molar-refractivity contribution is 5.75. The lowest BCUT2D eigenvalue weighted by atomic mass is 9.90. The first kappa shape index (κ1) is 14.4. The Morgan fingerprint density at radius 3 is 2.68 bits per heavy atom. The maximum absolute atomic E-state index is 11.9. The summed E-state index contributed by atoms with van der Waals surface area (Å²) >= 11 is 0. The molecule has 1 heterocycles. The molecule has 1 aliphatic heterocycles. The molecule has 4 heteroatoms. The molecular formula is C18H20N2O2. The van der Waals surface area contributed by atoms with Gasteiger partial charge in [0.2, 0.25) is 0 Å². The van der Waals surface area contributed by atoms with Crippen LogP contribution < -0.4 is 5.73 Å². The number of ether oxygens (including phenoxy) is 1. The molecule has 0 saturated carbocycles. The maximum Gasteiger partial charge on any atom is 0.410 e. The predicted molar refractivity (Wildman–Crippen MR) is 87.4 cm³/mol. The summed E-state index contributed by atoms with van der Waals surface area (Å²) in [5.74, 6) is 0. The lowest BCUT2D eigenvalue weighted by Crippen LogP contribution is -2.37. The quantitative estimate of drug-likeness (QED) is 0.864. The van der Waals surface area contributed by atoms with Gasteiger partial charge >= 0.3 is 6.09 Å². The van der Waals surface area contributed by atoms with Crippen molar-refractivity contribution in [1.82, 2.24) is 4.90 Å². The number of rotatable bonds is 2. The van der Waals surface area contributed by atoms with E-state index in [1.54, 1.807) is 4.90 Å². The minimum Gasteiger partial charge on any atom is -0.450 e. The smallest absolute Gasteiger partial charge is 0.410 e. The number of carbonyl (C=O) groups excluding carboxylic acids is 1. The van der Waals surface area contributed by atoms with Crippen molar-refractivity contribution in [1.29, 1.82) is 0 Å². The highest BCUT2D eigenvalue weighted by Gasteiger charge is 2.25. The van der Waals surface area contributed by atoms with E-state index >= 15 is 0 Å². The van der Waals surface area contributed by atoms with E-state index in [1.807, 2.05) is 31.2 Å². The van der Waals surface area contributed by atoms with Crippen LogP contribution in [0.1, 0.15) is 18.1 Å². The SMILES string of the molecule is CCOC(=O)N1CCc2c(-c3ccccc3)ccc(N)c2C1. The van der Waals surface area contributed by atoms with Gasteiger partial charge in [-0.1, -0.05) is 36.4 Å². The summed E-state index contributed by atoms with van der Waals surface area (Å²) in [6, 6.07) is 14.3. The third kappa shape index (κ3) is 2.64. The Bertz CT molecular complexity index is 683. The van der Waals surface area contributed by atoms with Crippen molar-refractivity contribution in [2.45, 2.75) is 19.9 Å². The van der Waals surface area contributed by atoms with E-state index in [9.17, 15) is 4.79 Å². The molecule has 3 rings (SSSR count). The van der Waals surface area contributed by atoms with Crippen LogP contribution in [-0.2, 0) is 17.7 Å². The number of hydrogen-bond acceptors (Lipinski definition) is 3. The lowest BCUT2D eigenvalue weighted by Gasteiger charge is -2.30. The number of nitrogen functional groups attached to an aromatic ring is 1. The molecule has 0 fully saturated rings. The van der Waals surface area contributed by atoms with Gasteiger partial charge in [-0.25, -0.2) is 4.79 Å². The van der Waals surface area contributed by atoms with Crippen molar-refractivity contribution in [3.8, 4) is 11.1 Å². The monoisotopic (exact) mass is 296 g/mol. The summed E-state index contributed by atoms with van der Waals surface area (Å²) in [6.45, 7) is 3.38. The zero-order valence-corrected chi connectivity index (χ0v) is 12.7. The predicted octanol–water partition coefficient (Wildman–Crippen LogP) is 3.45. The molecule has 0 unspecified atom stereocenters. The Labute approximate surface area is 130 Å². The highest BCUT2D eigenvalue weighted by atomic mass is 16.6. The summed E-state index contributed by atoms with van der Waals surface area (Å²) in [4.78, 5) is 13.7. The molecule has 0 aromatic heterocycles. The van der Waals surface area contributed by atoms with Crippen molar-refractivity contribution in [2.24, 2.45) is 0 Å². The lowest BCUT2D eigenvalue weighted by molar-refractivity contribution is 0.103. The van der Waals surface area contributed by atoms with Crippen LogP contribution in [0.5, 0.6) is 0 Å². The average molecular weight is 296 g/mol. The summed E-state index contributed by atoms with van der Waals surface area (Å²) in [6.07, 6.45) is 0.529. The van der Waals surface area contributed by atoms with Crippen LogP contribution >= 0.6 is 0 Å². The molecule has 2 N–H and O–H groups in total. The molecule has 0 spiro atoms. The minimum atomic E-state index is -0.266. The zero-order chi connectivity index (χ0) is 15.5. The Hall–Kier alpha value is -2.49. The van der Waals surface area contributed by atoms with Crippen molar-refractivity contribution < 1.29 is 9.53 Å². The standard InChI is InChI=1S/C18H20N2O2/c1-2-22-18(21)20-11-10-15-14(13-6-4-3-5-7-13)8-9-17(19)16(15)12-20/h3-9H,2,10-12,19H2,1H3. The van der Waals surface area contributed by atoms with Gasteiger partial charge in [0.1, 0.15) is 0 Å². The second-order valence-corrected chi connectivity index (χ2v) is 5.40. The Balaban J connectivity index is 1.97. The third-order valence-corrected chi connectivity index (χ3v) is 4.06. The van der Waals surface area contributed by atoms with Crippen molar-refractivity contribution >= 4 is 11.8 Å². The van der Waals surface area contributed by atoms with Crippen molar-refractivity contribution in [3.05, 3.63) is 53.6 Å². The van der Waals surface area contributed by atoms with E-state index in [0.29, 0.717) is 19.7 Å². The number of nitrogens with zero attached hydrogens (tertiary/aromatic N) is 1. The minimum absolute atomic E-state index is 0.266. The van der Waals surface area contributed by atoms with Gasteiger partial charge in [0.15, 0.2) is 0 Å². The fourth-order valence-electron chi connectivity index (χ4n) is 2.96. The molecule has 22 heavy (non-hydrogen) atoms. The van der Waals surface area contributed by atoms with Crippen molar-refractivity contribution in [2.75, 3.05) is 18.9 Å². The van der Waals surface area contributed by atoms with Crippen molar-refractivity contribution in [3.63, 3.8) is 0 Å². The van der Waals surface area contributed by atoms with Gasteiger partial charge in [-0.15, -0.1) is 0 Å². The molecule has 4 nitrogen and oxygen atoms in total. The molecule has 1 amide bonds. The molecule has 0 saturated heterocycles. The van der Waals surface area contributed by atoms with Crippen LogP contribution in [0.2, 0.25) is 0 Å². The molecular weight excluding hydrogens is 276 g/mol. The van der Waals surface area contributed by atoms with E-state index < -0.39 is 0 Å². The van der Waals surface area contributed by atoms with Crippen LogP contribution in [-0.4, -0.2) is 24.1 Å². The van der Waals surface area contributed by atoms with Gasteiger partial charge in [-0.3, -0.25) is 0 Å². The van der Waals surface area contributed by atoms with E-state index in [-0.39, 0.29) is 6.09 Å². The number of carbonyl (C=O) groups is 1. The second kappa shape index (κ2) is 6.10. The Morgan fingerprint density at radius 1 is 1.18 bits per heavy atom. The maximum atomic E-state index is 11.9. The number of anilines is 1. The van der Waals surface area contributed by atoms with Crippen LogP contribution in [0.3, 0.4) is 0 Å². The first-order chi connectivity index (χ1) is 10.7. The first-order valence-electron chi connectivity index (χ1n) is 7.58. The van der Waals surface area contributed by atoms with Gasteiger partial charge in [-0.2, -0.15) is 0 Å². The number of amides is 1. The number of hydrogen-bond donors (Lipinski definition) is 1. The summed E-state index contributed by atoms with van der Waals surface area (Å²) in [5.41, 5.74) is 11.6. The molecule has 114 valence electrons. The molecule has 2 aromatic rings. The third-order valence-electron chi connectivity index (χ3n) is 4.06. The van der Waals surface area contributed by atoms with Gasteiger partial charge in [0, 0.05) is 12.2 Å². The fourth-order valence-corrected chi connectivity index (χ4v) is 2.96. The van der Waals surface area contributed by atoms with E-state index in [2.05, 4.69) is 18.2 Å². The highest BCUT2D eigenvalue weighted by Crippen LogP contribution is 2.33. The second-order valence-electron chi connectivity index (χ2n) is 5.40. The van der Waals surface area contributed by atoms with Gasteiger partial charge in [0.25, 0.3) is 0 Å². The van der Waals surface area contributed by atoms with Gasteiger partial charge in [-0.05, 0) is 41.7 Å². The summed E-state index contributed by atoms with van der Waals surface area (Å²) < 4.78 is 5.10. The molecule has 0 bridgehead atoms.